The van der Waals surface area contributed by atoms with Crippen molar-refractivity contribution in [3.8, 4) is 0 Å². The molecule has 102 valence electrons. The number of hydrogen-bond acceptors (Lipinski definition) is 4. The number of rotatable bonds is 3. The van der Waals surface area contributed by atoms with E-state index in [1.165, 1.54) is 0 Å². The van der Waals surface area contributed by atoms with Crippen LogP contribution in [0.1, 0.15) is 30.2 Å². The number of ether oxygens (including phenoxy) is 1. The largest absolute Gasteiger partial charge is 0.459 e. The molecule has 0 saturated carbocycles. The van der Waals surface area contributed by atoms with Gasteiger partial charge in [-0.25, -0.2) is 5.43 Å². The van der Waals surface area contributed by atoms with Crippen molar-refractivity contribution in [2.24, 2.45) is 11.8 Å². The van der Waals surface area contributed by atoms with Gasteiger partial charge in [0.15, 0.2) is 0 Å². The summed E-state index contributed by atoms with van der Waals surface area (Å²) in [6, 6.07) is 8.28. The Hall–Kier alpha value is -1.36. The zero-order valence-electron chi connectivity index (χ0n) is 11.2. The van der Waals surface area contributed by atoms with Crippen LogP contribution in [0.15, 0.2) is 28.7 Å². The number of benzene rings is 1. The van der Waals surface area contributed by atoms with Crippen LogP contribution in [-0.4, -0.2) is 13.2 Å². The van der Waals surface area contributed by atoms with Crippen LogP contribution in [0.3, 0.4) is 0 Å². The Balaban J connectivity index is 1.94. The second-order valence-corrected chi connectivity index (χ2v) is 5.26. The molecule has 2 atom stereocenters. The van der Waals surface area contributed by atoms with Gasteiger partial charge in [0.05, 0.1) is 12.6 Å². The Morgan fingerprint density at radius 1 is 1.42 bits per heavy atom. The number of nitrogens with one attached hydrogen (secondary N) is 1. The predicted molar refractivity (Wildman–Crippen MR) is 74.6 cm³/mol. The molecule has 1 aliphatic rings. The van der Waals surface area contributed by atoms with Crippen LogP contribution >= 0.6 is 0 Å². The van der Waals surface area contributed by atoms with Crippen molar-refractivity contribution in [3.63, 3.8) is 0 Å². The number of hydrazine groups is 1. The van der Waals surface area contributed by atoms with Crippen molar-refractivity contribution >= 4 is 11.0 Å². The molecular weight excluding hydrogens is 240 g/mol. The third-order valence-corrected chi connectivity index (χ3v) is 3.91. The quantitative estimate of drug-likeness (QED) is 0.658. The highest BCUT2D eigenvalue weighted by molar-refractivity contribution is 5.81. The molecule has 1 aromatic carbocycles. The lowest BCUT2D eigenvalue weighted by atomic mass is 9.92. The molecule has 0 radical (unpaired) electrons. The van der Waals surface area contributed by atoms with Crippen LogP contribution in [0.25, 0.3) is 11.0 Å². The van der Waals surface area contributed by atoms with Crippen LogP contribution in [0.2, 0.25) is 0 Å². The summed E-state index contributed by atoms with van der Waals surface area (Å²) in [5.41, 5.74) is 5.00. The van der Waals surface area contributed by atoms with E-state index in [0.717, 1.165) is 48.3 Å². The fraction of sp³-hybridized carbons (Fsp3) is 0.467. The second kappa shape index (κ2) is 5.33. The van der Waals surface area contributed by atoms with E-state index < -0.39 is 0 Å². The van der Waals surface area contributed by atoms with Crippen molar-refractivity contribution in [2.45, 2.75) is 25.8 Å². The molecule has 1 aromatic heterocycles. The zero-order valence-corrected chi connectivity index (χ0v) is 11.2. The normalized spacial score (nSPS) is 21.7. The van der Waals surface area contributed by atoms with Crippen LogP contribution in [-0.2, 0) is 4.74 Å². The molecule has 4 heteroatoms. The molecule has 2 aromatic rings. The van der Waals surface area contributed by atoms with E-state index in [0.29, 0.717) is 5.92 Å². The lowest BCUT2D eigenvalue weighted by Crippen LogP contribution is -2.37. The monoisotopic (exact) mass is 260 g/mol. The van der Waals surface area contributed by atoms with Gasteiger partial charge in [-0.1, -0.05) is 18.2 Å². The van der Waals surface area contributed by atoms with Gasteiger partial charge in [-0.05, 0) is 31.4 Å². The number of aryl methyl sites for hydroxylation is 1. The van der Waals surface area contributed by atoms with Gasteiger partial charge in [-0.3, -0.25) is 5.84 Å². The van der Waals surface area contributed by atoms with Crippen LogP contribution in [0.5, 0.6) is 0 Å². The first-order valence-electron chi connectivity index (χ1n) is 6.82. The molecule has 0 aliphatic carbocycles. The second-order valence-electron chi connectivity index (χ2n) is 5.26. The number of furan rings is 1. The number of para-hydroxylation sites is 1. The third-order valence-electron chi connectivity index (χ3n) is 3.91. The van der Waals surface area contributed by atoms with Gasteiger partial charge in [0.1, 0.15) is 11.3 Å². The summed E-state index contributed by atoms with van der Waals surface area (Å²) < 4.78 is 11.6. The number of fused-ring (bicyclic) bond motifs is 1. The Labute approximate surface area is 112 Å². The first kappa shape index (κ1) is 12.7. The van der Waals surface area contributed by atoms with E-state index in [1.807, 2.05) is 6.07 Å². The minimum Gasteiger partial charge on any atom is -0.459 e. The highest BCUT2D eigenvalue weighted by atomic mass is 16.5. The van der Waals surface area contributed by atoms with Crippen molar-refractivity contribution in [3.05, 3.63) is 35.6 Å². The summed E-state index contributed by atoms with van der Waals surface area (Å²) in [6.45, 7) is 3.65. The lowest BCUT2D eigenvalue weighted by Gasteiger charge is -2.28. The Morgan fingerprint density at radius 2 is 2.32 bits per heavy atom. The topological polar surface area (TPSA) is 60.4 Å². The van der Waals surface area contributed by atoms with E-state index in [2.05, 4.69) is 30.5 Å². The minimum absolute atomic E-state index is 0.0205. The van der Waals surface area contributed by atoms with Gasteiger partial charge in [0.25, 0.3) is 0 Å². The van der Waals surface area contributed by atoms with E-state index in [1.54, 1.807) is 0 Å². The summed E-state index contributed by atoms with van der Waals surface area (Å²) >= 11 is 0. The molecular formula is C15H20N2O2. The standard InChI is InChI=1S/C15H20N2O2/c1-10-4-2-5-11-8-13(19-15(10)11)14(17-16)12-6-3-7-18-9-12/h2,4-5,8,12,14,17H,3,6-7,9,16H2,1H3. The molecule has 19 heavy (non-hydrogen) atoms. The van der Waals surface area contributed by atoms with Gasteiger partial charge in [-0.2, -0.15) is 0 Å². The van der Waals surface area contributed by atoms with E-state index in [-0.39, 0.29) is 6.04 Å². The number of nitrogens with two attached hydrogens (primary N) is 1. The maximum atomic E-state index is 6.01. The third kappa shape index (κ3) is 2.39. The first-order chi connectivity index (χ1) is 9.29. The summed E-state index contributed by atoms with van der Waals surface area (Å²) in [7, 11) is 0. The van der Waals surface area contributed by atoms with Crippen LogP contribution in [0.4, 0.5) is 0 Å². The lowest BCUT2D eigenvalue weighted by molar-refractivity contribution is 0.0358. The van der Waals surface area contributed by atoms with E-state index in [9.17, 15) is 0 Å². The Kier molecular flexibility index (Phi) is 3.55. The van der Waals surface area contributed by atoms with Crippen molar-refractivity contribution in [2.75, 3.05) is 13.2 Å². The predicted octanol–water partition coefficient (Wildman–Crippen LogP) is 2.67. The summed E-state index contributed by atoms with van der Waals surface area (Å²) in [5, 5.41) is 1.13. The SMILES string of the molecule is Cc1cccc2cc(C(NN)C3CCCOC3)oc12. The van der Waals surface area contributed by atoms with Gasteiger partial charge >= 0.3 is 0 Å². The van der Waals surface area contributed by atoms with Gasteiger partial charge in [0.2, 0.25) is 0 Å². The average molecular weight is 260 g/mol. The van der Waals surface area contributed by atoms with Crippen molar-refractivity contribution < 1.29 is 9.15 Å². The summed E-state index contributed by atoms with van der Waals surface area (Å²) in [6.07, 6.45) is 2.20. The fourth-order valence-electron chi connectivity index (χ4n) is 2.86. The molecule has 1 saturated heterocycles. The molecule has 1 aliphatic heterocycles. The van der Waals surface area contributed by atoms with E-state index in [4.69, 9.17) is 15.0 Å². The maximum Gasteiger partial charge on any atom is 0.137 e. The van der Waals surface area contributed by atoms with Gasteiger partial charge in [0, 0.05) is 17.9 Å². The zero-order chi connectivity index (χ0) is 13.2. The van der Waals surface area contributed by atoms with Crippen molar-refractivity contribution in [1.29, 1.82) is 0 Å². The van der Waals surface area contributed by atoms with Gasteiger partial charge < -0.3 is 9.15 Å². The number of hydrogen-bond donors (Lipinski definition) is 2. The molecule has 2 heterocycles. The van der Waals surface area contributed by atoms with Crippen LogP contribution in [0, 0.1) is 12.8 Å². The molecule has 0 amide bonds. The van der Waals surface area contributed by atoms with E-state index >= 15 is 0 Å². The van der Waals surface area contributed by atoms with Gasteiger partial charge in [-0.15, -0.1) is 0 Å². The highest BCUT2D eigenvalue weighted by Crippen LogP contribution is 2.32. The molecule has 0 bridgehead atoms. The highest BCUT2D eigenvalue weighted by Gasteiger charge is 2.27. The molecule has 4 nitrogen and oxygen atoms in total. The summed E-state index contributed by atoms with van der Waals surface area (Å²) in [5.74, 6) is 7.01. The van der Waals surface area contributed by atoms with Crippen LogP contribution < -0.4 is 11.3 Å². The molecule has 3 N–H and O–H groups in total. The Bertz CT molecular complexity index is 558. The summed E-state index contributed by atoms with van der Waals surface area (Å²) in [4.78, 5) is 0. The first-order valence-corrected chi connectivity index (χ1v) is 6.82. The molecule has 0 spiro atoms. The van der Waals surface area contributed by atoms with Crippen molar-refractivity contribution in [1.82, 2.24) is 5.43 Å². The molecule has 1 fully saturated rings. The fourth-order valence-corrected chi connectivity index (χ4v) is 2.86. The molecule has 3 rings (SSSR count). The Morgan fingerprint density at radius 3 is 3.00 bits per heavy atom. The smallest absolute Gasteiger partial charge is 0.137 e. The maximum absolute atomic E-state index is 6.01. The average Bonchev–Trinajstić information content (AvgIpc) is 2.86. The minimum atomic E-state index is 0.0205. The molecule has 2 unspecified atom stereocenters.